The maximum absolute atomic E-state index is 12.9. The predicted octanol–water partition coefficient (Wildman–Crippen LogP) is 4.97. The molecule has 6 nitrogen and oxygen atoms in total. The molecule has 1 amide bonds. The number of fused-ring (bicyclic) bond motifs is 2. The van der Waals surface area contributed by atoms with Gasteiger partial charge in [-0.25, -0.2) is 4.68 Å². The second kappa shape index (κ2) is 7.89. The molecule has 0 saturated carbocycles. The molecule has 0 spiro atoms. The number of anilines is 1. The van der Waals surface area contributed by atoms with E-state index < -0.39 is 0 Å². The van der Waals surface area contributed by atoms with Crippen molar-refractivity contribution in [3.63, 3.8) is 0 Å². The average Bonchev–Trinajstić information content (AvgIpc) is 3.41. The third kappa shape index (κ3) is 3.86. The number of para-hydroxylation sites is 1. The summed E-state index contributed by atoms with van der Waals surface area (Å²) < 4.78 is 13.8. The van der Waals surface area contributed by atoms with Crippen LogP contribution in [-0.4, -0.2) is 27.9 Å². The Balaban J connectivity index is 1.36. The van der Waals surface area contributed by atoms with Crippen LogP contribution in [-0.2, 0) is 22.7 Å². The Labute approximate surface area is 192 Å². The first-order valence-electron chi connectivity index (χ1n) is 10.8. The van der Waals surface area contributed by atoms with Gasteiger partial charge in [-0.2, -0.15) is 16.9 Å². The summed E-state index contributed by atoms with van der Waals surface area (Å²) in [5, 5.41) is 7.85. The number of hydrogen-bond donors (Lipinski definition) is 1. The molecule has 0 fully saturated rings. The topological polar surface area (TPSA) is 65.4 Å². The molecule has 1 aromatic heterocycles. The van der Waals surface area contributed by atoms with Gasteiger partial charge in [-0.1, -0.05) is 18.2 Å². The van der Waals surface area contributed by atoms with Gasteiger partial charge in [0.2, 0.25) is 0 Å². The normalized spacial score (nSPS) is 15.8. The molecule has 5 rings (SSSR count). The Hall–Kier alpha value is -2.93. The van der Waals surface area contributed by atoms with Crippen LogP contribution in [0.25, 0.3) is 5.69 Å². The molecule has 2 aromatic carbocycles. The molecule has 0 saturated heterocycles. The lowest BCUT2D eigenvalue weighted by Gasteiger charge is -2.18. The number of aryl methyl sites for hydroxylation is 2. The fraction of sp³-hybridized carbons (Fsp3) is 0.360. The first kappa shape index (κ1) is 20.9. The van der Waals surface area contributed by atoms with Crippen LogP contribution in [0, 0.1) is 13.8 Å². The monoisotopic (exact) mass is 449 g/mol. The van der Waals surface area contributed by atoms with E-state index in [0.29, 0.717) is 5.75 Å². The number of carbonyl (C=O) groups is 1. The number of nitrogens with zero attached hydrogens (tertiary/aromatic N) is 2. The maximum Gasteiger partial charge on any atom is 0.263 e. The van der Waals surface area contributed by atoms with Crippen molar-refractivity contribution in [3.05, 3.63) is 64.3 Å². The van der Waals surface area contributed by atoms with Crippen LogP contribution in [0.4, 0.5) is 5.82 Å². The summed E-state index contributed by atoms with van der Waals surface area (Å²) in [6, 6.07) is 12.1. The number of amides is 1. The number of benzene rings is 2. The number of hydrogen-bond acceptors (Lipinski definition) is 5. The van der Waals surface area contributed by atoms with Crippen LogP contribution in [0.2, 0.25) is 0 Å². The second-order valence-electron chi connectivity index (χ2n) is 9.07. The summed E-state index contributed by atoms with van der Waals surface area (Å²) in [5.41, 5.74) is 6.32. The summed E-state index contributed by atoms with van der Waals surface area (Å²) in [5.74, 6) is 3.55. The molecular formula is C25H27N3O3S. The van der Waals surface area contributed by atoms with Crippen LogP contribution in [0.5, 0.6) is 11.5 Å². The zero-order valence-electron chi connectivity index (χ0n) is 18.8. The molecular weight excluding hydrogens is 422 g/mol. The quantitative estimate of drug-likeness (QED) is 0.596. The minimum absolute atomic E-state index is 0.0970. The zero-order chi connectivity index (χ0) is 22.5. The summed E-state index contributed by atoms with van der Waals surface area (Å²) >= 11 is 1.81. The summed E-state index contributed by atoms with van der Waals surface area (Å²) in [4.78, 5) is 12.9. The van der Waals surface area contributed by atoms with Crippen molar-refractivity contribution in [2.45, 2.75) is 51.2 Å². The van der Waals surface area contributed by atoms with Crippen molar-refractivity contribution in [3.8, 4) is 17.2 Å². The highest BCUT2D eigenvalue weighted by Crippen LogP contribution is 2.42. The summed E-state index contributed by atoms with van der Waals surface area (Å²) in [6.45, 7) is 8.18. The number of aromatic nitrogens is 2. The zero-order valence-corrected chi connectivity index (χ0v) is 19.6. The SMILES string of the molecule is Cc1ccc(-n2nc3c(c2NC(=O)COc2cccc4c2OC(C)(C)C4)CSC3)cc1C. The van der Waals surface area contributed by atoms with Crippen molar-refractivity contribution in [1.29, 1.82) is 0 Å². The minimum atomic E-state index is -0.263. The molecule has 32 heavy (non-hydrogen) atoms. The van der Waals surface area contributed by atoms with Gasteiger partial charge in [0.15, 0.2) is 18.1 Å². The van der Waals surface area contributed by atoms with Crippen LogP contribution in [0.15, 0.2) is 36.4 Å². The number of carbonyl (C=O) groups excluding carboxylic acids is 1. The first-order valence-corrected chi connectivity index (χ1v) is 12.0. The molecule has 3 aromatic rings. The predicted molar refractivity (Wildman–Crippen MR) is 127 cm³/mol. The summed E-state index contributed by atoms with van der Waals surface area (Å²) in [7, 11) is 0. The molecule has 0 aliphatic carbocycles. The first-order chi connectivity index (χ1) is 15.3. The third-order valence-corrected chi connectivity index (χ3v) is 6.93. The van der Waals surface area contributed by atoms with E-state index in [1.54, 1.807) is 0 Å². The van der Waals surface area contributed by atoms with Gasteiger partial charge in [-0.3, -0.25) is 4.79 Å². The van der Waals surface area contributed by atoms with Crippen molar-refractivity contribution < 1.29 is 14.3 Å². The molecule has 2 aliphatic heterocycles. The Bertz CT molecular complexity index is 1220. The average molecular weight is 450 g/mol. The van der Waals surface area contributed by atoms with Gasteiger partial charge < -0.3 is 14.8 Å². The largest absolute Gasteiger partial charge is 0.483 e. The molecule has 0 unspecified atom stereocenters. The smallest absolute Gasteiger partial charge is 0.263 e. The third-order valence-electron chi connectivity index (χ3n) is 5.96. The molecule has 0 atom stereocenters. The minimum Gasteiger partial charge on any atom is -0.483 e. The highest BCUT2D eigenvalue weighted by Gasteiger charge is 2.32. The lowest BCUT2D eigenvalue weighted by Crippen LogP contribution is -2.25. The van der Waals surface area contributed by atoms with Crippen molar-refractivity contribution in [2.24, 2.45) is 0 Å². The Morgan fingerprint density at radius 3 is 2.88 bits per heavy atom. The van der Waals surface area contributed by atoms with E-state index in [9.17, 15) is 4.79 Å². The standard InChI is InChI=1S/C25H27N3O3S/c1-15-8-9-18(10-16(15)2)28-24(19-13-32-14-20(19)27-28)26-22(29)12-30-21-7-5-6-17-11-25(3,4)31-23(17)21/h5-10H,11-14H2,1-4H3,(H,26,29). The number of ether oxygens (including phenoxy) is 2. The van der Waals surface area contributed by atoms with E-state index in [2.05, 4.69) is 45.1 Å². The second-order valence-corrected chi connectivity index (χ2v) is 10.1. The van der Waals surface area contributed by atoms with Gasteiger partial charge in [-0.15, -0.1) is 0 Å². The number of nitrogens with one attached hydrogen (secondary N) is 1. The van der Waals surface area contributed by atoms with E-state index in [1.165, 1.54) is 11.1 Å². The lowest BCUT2D eigenvalue weighted by molar-refractivity contribution is -0.118. The molecule has 3 heterocycles. The van der Waals surface area contributed by atoms with Gasteiger partial charge in [0.25, 0.3) is 5.91 Å². The van der Waals surface area contributed by atoms with Crippen molar-refractivity contribution in [2.75, 3.05) is 11.9 Å². The van der Waals surface area contributed by atoms with Crippen LogP contribution < -0.4 is 14.8 Å². The van der Waals surface area contributed by atoms with E-state index in [4.69, 9.17) is 14.6 Å². The van der Waals surface area contributed by atoms with Crippen molar-refractivity contribution >= 4 is 23.5 Å². The lowest BCUT2D eigenvalue weighted by atomic mass is 10.0. The van der Waals surface area contributed by atoms with Gasteiger partial charge in [0.1, 0.15) is 11.4 Å². The molecule has 0 radical (unpaired) electrons. The van der Waals surface area contributed by atoms with E-state index in [-0.39, 0.29) is 18.1 Å². The summed E-state index contributed by atoms with van der Waals surface area (Å²) in [6.07, 6.45) is 0.824. The molecule has 2 aliphatic rings. The van der Waals surface area contributed by atoms with Gasteiger partial charge in [-0.05, 0) is 57.0 Å². The van der Waals surface area contributed by atoms with E-state index in [0.717, 1.165) is 52.0 Å². The molecule has 7 heteroatoms. The number of rotatable bonds is 5. The molecule has 0 bridgehead atoms. The van der Waals surface area contributed by atoms with Gasteiger partial charge in [0.05, 0.1) is 11.4 Å². The Morgan fingerprint density at radius 1 is 1.22 bits per heavy atom. The van der Waals surface area contributed by atoms with E-state index in [1.807, 2.05) is 40.7 Å². The fourth-order valence-corrected chi connectivity index (χ4v) is 5.23. The highest BCUT2D eigenvalue weighted by atomic mass is 32.2. The van der Waals surface area contributed by atoms with Gasteiger partial charge >= 0.3 is 0 Å². The molecule has 166 valence electrons. The maximum atomic E-state index is 12.9. The Kier molecular flexibility index (Phi) is 5.16. The fourth-order valence-electron chi connectivity index (χ4n) is 4.20. The highest BCUT2D eigenvalue weighted by molar-refractivity contribution is 7.98. The van der Waals surface area contributed by atoms with Crippen LogP contribution >= 0.6 is 11.8 Å². The van der Waals surface area contributed by atoms with E-state index >= 15 is 0 Å². The van der Waals surface area contributed by atoms with Crippen LogP contribution in [0.3, 0.4) is 0 Å². The number of thioether (sulfide) groups is 1. The van der Waals surface area contributed by atoms with Crippen LogP contribution in [0.1, 0.15) is 41.8 Å². The Morgan fingerprint density at radius 2 is 2.06 bits per heavy atom. The van der Waals surface area contributed by atoms with Crippen molar-refractivity contribution in [1.82, 2.24) is 9.78 Å². The molecule has 1 N–H and O–H groups in total. The van der Waals surface area contributed by atoms with Gasteiger partial charge in [0, 0.05) is 29.1 Å².